The van der Waals surface area contributed by atoms with E-state index in [1.807, 2.05) is 24.3 Å². The largest absolute Gasteiger partial charge is 0.473 e. The van der Waals surface area contributed by atoms with Crippen molar-refractivity contribution in [3.05, 3.63) is 71.8 Å². The second kappa shape index (κ2) is 6.48. The standard InChI is InChI=1S/C21H19NO3/c1-2-24-21(23)16-7-10-17(11-8-16)22-13-19-18-6-4-3-5-15(18)9-12-20(19)25-14-22/h3-12H,2,13-14H2,1H3. The molecule has 3 aromatic rings. The summed E-state index contributed by atoms with van der Waals surface area (Å²) in [6.07, 6.45) is 0. The van der Waals surface area contributed by atoms with Crippen molar-refractivity contribution in [1.82, 2.24) is 0 Å². The van der Waals surface area contributed by atoms with Gasteiger partial charge in [-0.15, -0.1) is 0 Å². The Kier molecular flexibility index (Phi) is 4.02. The van der Waals surface area contributed by atoms with E-state index in [1.165, 1.54) is 16.3 Å². The summed E-state index contributed by atoms with van der Waals surface area (Å²) in [4.78, 5) is 13.9. The van der Waals surface area contributed by atoms with Crippen LogP contribution < -0.4 is 9.64 Å². The predicted molar refractivity (Wildman–Crippen MR) is 98.0 cm³/mol. The summed E-state index contributed by atoms with van der Waals surface area (Å²) in [6.45, 7) is 3.45. The smallest absolute Gasteiger partial charge is 0.338 e. The van der Waals surface area contributed by atoms with Crippen molar-refractivity contribution in [3.63, 3.8) is 0 Å². The maximum atomic E-state index is 11.8. The first-order chi connectivity index (χ1) is 12.3. The van der Waals surface area contributed by atoms with Crippen LogP contribution in [0.3, 0.4) is 0 Å². The minimum Gasteiger partial charge on any atom is -0.473 e. The highest BCUT2D eigenvalue weighted by atomic mass is 16.5. The van der Waals surface area contributed by atoms with Crippen LogP contribution in [0.15, 0.2) is 60.7 Å². The van der Waals surface area contributed by atoms with Crippen molar-refractivity contribution in [2.24, 2.45) is 0 Å². The predicted octanol–water partition coefficient (Wildman–Crippen LogP) is 4.37. The van der Waals surface area contributed by atoms with E-state index in [9.17, 15) is 4.79 Å². The normalized spacial score (nSPS) is 13.2. The monoisotopic (exact) mass is 333 g/mol. The highest BCUT2D eigenvalue weighted by molar-refractivity contribution is 5.90. The van der Waals surface area contributed by atoms with E-state index in [4.69, 9.17) is 9.47 Å². The van der Waals surface area contributed by atoms with Crippen molar-refractivity contribution in [1.29, 1.82) is 0 Å². The van der Waals surface area contributed by atoms with Crippen LogP contribution in [0.4, 0.5) is 5.69 Å². The number of rotatable bonds is 3. The van der Waals surface area contributed by atoms with E-state index in [0.29, 0.717) is 18.9 Å². The average molecular weight is 333 g/mol. The van der Waals surface area contributed by atoms with Gasteiger partial charge in [-0.1, -0.05) is 30.3 Å². The molecular formula is C21H19NO3. The van der Waals surface area contributed by atoms with E-state index in [-0.39, 0.29) is 5.97 Å². The molecule has 0 atom stereocenters. The zero-order valence-corrected chi connectivity index (χ0v) is 14.1. The van der Waals surface area contributed by atoms with E-state index in [1.54, 1.807) is 19.1 Å². The number of anilines is 1. The third kappa shape index (κ3) is 2.91. The van der Waals surface area contributed by atoms with Crippen LogP contribution in [-0.2, 0) is 11.3 Å². The molecule has 4 rings (SSSR count). The fraction of sp³-hybridized carbons (Fsp3) is 0.190. The second-order valence-corrected chi connectivity index (χ2v) is 6.00. The molecule has 0 saturated heterocycles. The molecule has 4 heteroatoms. The van der Waals surface area contributed by atoms with Gasteiger partial charge in [0.2, 0.25) is 0 Å². The number of ether oxygens (including phenoxy) is 2. The van der Waals surface area contributed by atoms with Crippen molar-refractivity contribution >= 4 is 22.4 Å². The second-order valence-electron chi connectivity index (χ2n) is 6.00. The molecular weight excluding hydrogens is 314 g/mol. The number of hydrogen-bond donors (Lipinski definition) is 0. The van der Waals surface area contributed by atoms with Gasteiger partial charge in [-0.25, -0.2) is 4.79 Å². The molecule has 0 bridgehead atoms. The fourth-order valence-electron chi connectivity index (χ4n) is 3.19. The van der Waals surface area contributed by atoms with Gasteiger partial charge in [0, 0.05) is 11.3 Å². The Morgan fingerprint density at radius 2 is 1.88 bits per heavy atom. The van der Waals surface area contributed by atoms with Gasteiger partial charge in [0.1, 0.15) is 5.75 Å². The van der Waals surface area contributed by atoms with E-state index in [0.717, 1.165) is 18.0 Å². The fourth-order valence-corrected chi connectivity index (χ4v) is 3.19. The molecule has 0 saturated carbocycles. The molecule has 0 aliphatic carbocycles. The SMILES string of the molecule is CCOC(=O)c1ccc(N2COc3ccc4ccccc4c3C2)cc1. The molecule has 1 heterocycles. The Morgan fingerprint density at radius 3 is 2.68 bits per heavy atom. The molecule has 1 aliphatic heterocycles. The number of benzene rings is 3. The van der Waals surface area contributed by atoms with Crippen LogP contribution in [-0.4, -0.2) is 19.3 Å². The topological polar surface area (TPSA) is 38.8 Å². The molecule has 0 unspecified atom stereocenters. The van der Waals surface area contributed by atoms with Gasteiger partial charge >= 0.3 is 5.97 Å². The summed E-state index contributed by atoms with van der Waals surface area (Å²) in [6, 6.07) is 19.9. The summed E-state index contributed by atoms with van der Waals surface area (Å²) >= 11 is 0. The average Bonchev–Trinajstić information content (AvgIpc) is 2.68. The lowest BCUT2D eigenvalue weighted by Crippen LogP contribution is -2.32. The van der Waals surface area contributed by atoms with Crippen LogP contribution in [0.1, 0.15) is 22.8 Å². The zero-order valence-electron chi connectivity index (χ0n) is 14.1. The lowest BCUT2D eigenvalue weighted by atomic mass is 10.0. The summed E-state index contributed by atoms with van der Waals surface area (Å²) in [5, 5.41) is 2.43. The van der Waals surface area contributed by atoms with Gasteiger partial charge in [0.05, 0.1) is 18.7 Å². The molecule has 0 amide bonds. The first-order valence-electron chi connectivity index (χ1n) is 8.42. The Bertz CT molecular complexity index is 918. The Balaban J connectivity index is 1.62. The molecule has 0 spiro atoms. The van der Waals surface area contributed by atoms with Gasteiger partial charge in [0.25, 0.3) is 0 Å². The van der Waals surface area contributed by atoms with Crippen molar-refractivity contribution in [2.75, 3.05) is 18.2 Å². The maximum Gasteiger partial charge on any atom is 0.338 e. The van der Waals surface area contributed by atoms with Crippen LogP contribution in [0, 0.1) is 0 Å². The Labute approximate surface area is 146 Å². The third-order valence-corrected chi connectivity index (χ3v) is 4.47. The molecule has 25 heavy (non-hydrogen) atoms. The summed E-state index contributed by atoms with van der Waals surface area (Å²) in [5.74, 6) is 0.651. The highest BCUT2D eigenvalue weighted by Gasteiger charge is 2.20. The molecule has 0 fully saturated rings. The minimum atomic E-state index is -0.291. The lowest BCUT2D eigenvalue weighted by molar-refractivity contribution is 0.0526. The quantitative estimate of drug-likeness (QED) is 0.667. The van der Waals surface area contributed by atoms with E-state index in [2.05, 4.69) is 29.2 Å². The Hall–Kier alpha value is -3.01. The van der Waals surface area contributed by atoms with Crippen molar-refractivity contribution in [3.8, 4) is 5.75 Å². The number of nitrogens with zero attached hydrogens (tertiary/aromatic N) is 1. The molecule has 0 radical (unpaired) electrons. The van der Waals surface area contributed by atoms with Crippen molar-refractivity contribution < 1.29 is 14.3 Å². The highest BCUT2D eigenvalue weighted by Crippen LogP contribution is 2.34. The number of carbonyl (C=O) groups is 1. The zero-order chi connectivity index (χ0) is 17.2. The number of esters is 1. The van der Waals surface area contributed by atoms with E-state index >= 15 is 0 Å². The first-order valence-corrected chi connectivity index (χ1v) is 8.42. The molecule has 3 aromatic carbocycles. The van der Waals surface area contributed by atoms with Gasteiger partial charge in [-0.3, -0.25) is 0 Å². The van der Waals surface area contributed by atoms with Crippen LogP contribution >= 0.6 is 0 Å². The van der Waals surface area contributed by atoms with Gasteiger partial charge in [-0.2, -0.15) is 0 Å². The molecule has 0 N–H and O–H groups in total. The van der Waals surface area contributed by atoms with Gasteiger partial charge in [-0.05, 0) is 48.0 Å². The summed E-state index contributed by atoms with van der Waals surface area (Å²) < 4.78 is 11.0. The van der Waals surface area contributed by atoms with Crippen LogP contribution in [0.25, 0.3) is 10.8 Å². The number of carbonyl (C=O) groups excluding carboxylic acids is 1. The van der Waals surface area contributed by atoms with Crippen LogP contribution in [0.5, 0.6) is 5.75 Å². The Morgan fingerprint density at radius 1 is 1.08 bits per heavy atom. The number of hydrogen-bond acceptors (Lipinski definition) is 4. The molecule has 126 valence electrons. The lowest BCUT2D eigenvalue weighted by Gasteiger charge is -2.31. The van der Waals surface area contributed by atoms with Crippen molar-refractivity contribution in [2.45, 2.75) is 13.5 Å². The first kappa shape index (κ1) is 15.5. The van der Waals surface area contributed by atoms with Gasteiger partial charge in [0.15, 0.2) is 6.73 Å². The summed E-state index contributed by atoms with van der Waals surface area (Å²) in [5.41, 5.74) is 2.78. The molecule has 0 aromatic heterocycles. The third-order valence-electron chi connectivity index (χ3n) is 4.47. The minimum absolute atomic E-state index is 0.291. The van der Waals surface area contributed by atoms with E-state index < -0.39 is 0 Å². The number of fused-ring (bicyclic) bond motifs is 3. The molecule has 1 aliphatic rings. The van der Waals surface area contributed by atoms with Gasteiger partial charge < -0.3 is 14.4 Å². The maximum absolute atomic E-state index is 11.8. The van der Waals surface area contributed by atoms with Crippen LogP contribution in [0.2, 0.25) is 0 Å². The summed E-state index contributed by atoms with van der Waals surface area (Å²) in [7, 11) is 0. The molecule has 4 nitrogen and oxygen atoms in total.